The van der Waals surface area contributed by atoms with Crippen LogP contribution in [0.25, 0.3) is 0 Å². The average Bonchev–Trinajstić information content (AvgIpc) is 0.721. The van der Waals surface area contributed by atoms with Gasteiger partial charge in [-0.1, -0.05) is 347 Å². The number of fused-ring (bicyclic) bond motifs is 2. The van der Waals surface area contributed by atoms with Crippen LogP contribution in [0.15, 0.2) is 0 Å². The Morgan fingerprint density at radius 2 is 0.163 bits per heavy atom. The fourth-order valence-electron chi connectivity index (χ4n) is 38.1. The van der Waals surface area contributed by atoms with Crippen LogP contribution < -0.4 is 0 Å². The Labute approximate surface area is 646 Å². The van der Waals surface area contributed by atoms with Crippen LogP contribution >= 0.6 is 0 Å². The van der Waals surface area contributed by atoms with Gasteiger partial charge in [-0.25, -0.2) is 0 Å². The lowest BCUT2D eigenvalue weighted by Gasteiger charge is -2.65. The van der Waals surface area contributed by atoms with Gasteiger partial charge in [0.2, 0.25) is 0 Å². The second-order valence-electron chi connectivity index (χ2n) is 45.3. The van der Waals surface area contributed by atoms with Gasteiger partial charge in [0.05, 0.1) is 0 Å². The van der Waals surface area contributed by atoms with Crippen LogP contribution in [0.1, 0.15) is 449 Å². The van der Waals surface area contributed by atoms with Crippen LogP contribution in [-0.2, 0) is 0 Å². The van der Waals surface area contributed by atoms with Crippen LogP contribution in [0.5, 0.6) is 0 Å². The molecule has 0 aromatic carbocycles. The third-order valence-corrected chi connectivity index (χ3v) is 41.3. The lowest BCUT2D eigenvalue weighted by atomic mass is 9.40. The van der Waals surface area contributed by atoms with Crippen LogP contribution in [-0.4, -0.2) is 0 Å². The van der Waals surface area contributed by atoms with Crippen molar-refractivity contribution < 1.29 is 0 Å². The lowest BCUT2D eigenvalue weighted by Crippen LogP contribution is -2.59. The van der Waals surface area contributed by atoms with E-state index in [2.05, 4.69) is 0 Å². The molecular weight excluding hydrogens is 1250 g/mol. The highest BCUT2D eigenvalue weighted by Crippen LogP contribution is 2.71. The van der Waals surface area contributed by atoms with E-state index in [-0.39, 0.29) is 0 Å². The van der Waals surface area contributed by atoms with E-state index >= 15 is 0 Å². The summed E-state index contributed by atoms with van der Waals surface area (Å²) in [5.41, 5.74) is 0. The quantitative estimate of drug-likeness (QED) is 0.153. The minimum atomic E-state index is 1.07. The smallest absolute Gasteiger partial charge is 0.0318 e. The van der Waals surface area contributed by atoms with Crippen molar-refractivity contribution in [2.24, 2.45) is 201 Å². The molecule has 0 N–H and O–H groups in total. The van der Waals surface area contributed by atoms with E-state index in [4.69, 9.17) is 0 Å². The first-order valence-corrected chi connectivity index (χ1v) is 51.7. The van der Waals surface area contributed by atoms with Crippen molar-refractivity contribution in [3.63, 3.8) is 0 Å². The normalized spacial score (nSPS) is 46.3. The minimum Gasteiger partial charge on any atom is -0.0533 e. The summed E-state index contributed by atoms with van der Waals surface area (Å²) in [7, 11) is 0. The predicted molar refractivity (Wildman–Crippen MR) is 442 cm³/mol. The highest BCUT2D eigenvalue weighted by molar-refractivity contribution is 5.13. The molecular formula is C104H174. The molecule has 0 aromatic heterocycles. The molecule has 12 atom stereocenters. The monoisotopic (exact) mass is 1420 g/mol. The molecule has 590 valence electrons. The summed E-state index contributed by atoms with van der Waals surface area (Å²) in [6.07, 6.45) is 113. The minimum absolute atomic E-state index is 1.07. The van der Waals surface area contributed by atoms with Crippen molar-refractivity contribution in [2.75, 3.05) is 0 Å². The molecule has 0 aromatic rings. The molecule has 0 bridgehead atoms. The molecule has 0 spiro atoms. The van der Waals surface area contributed by atoms with Gasteiger partial charge in [0, 0.05) is 0 Å². The summed E-state index contributed by atoms with van der Waals surface area (Å²) >= 11 is 0. The molecule has 0 radical (unpaired) electrons. The average molecular weight is 1420 g/mol. The van der Waals surface area contributed by atoms with Crippen LogP contribution in [0.2, 0.25) is 0 Å². The predicted octanol–water partition coefficient (Wildman–Crippen LogP) is 31.5. The second kappa shape index (κ2) is 36.2. The Bertz CT molecular complexity index is 2350. The van der Waals surface area contributed by atoms with Gasteiger partial charge in [-0.15, -0.1) is 0 Å². The summed E-state index contributed by atoms with van der Waals surface area (Å²) < 4.78 is 0. The largest absolute Gasteiger partial charge is 0.0533 e. The topological polar surface area (TPSA) is 0 Å². The highest BCUT2D eigenvalue weighted by Gasteiger charge is 2.64. The molecule has 18 saturated carbocycles. The van der Waals surface area contributed by atoms with Gasteiger partial charge in [-0.2, -0.15) is 0 Å². The third kappa shape index (κ3) is 15.9. The Morgan fingerprint density at radius 1 is 0.0673 bits per heavy atom. The number of hydrogen-bond donors (Lipinski definition) is 0. The van der Waals surface area contributed by atoms with Crippen molar-refractivity contribution in [3.8, 4) is 0 Å². The van der Waals surface area contributed by atoms with Gasteiger partial charge >= 0.3 is 0 Å². The zero-order chi connectivity index (χ0) is 69.1. The summed E-state index contributed by atoms with van der Waals surface area (Å²) in [5.74, 6) is 37.1. The molecule has 18 rings (SSSR count). The van der Waals surface area contributed by atoms with Crippen LogP contribution in [0, 0.1) is 201 Å². The Balaban J connectivity index is 0.590. The summed E-state index contributed by atoms with van der Waals surface area (Å²) in [5, 5.41) is 0. The zero-order valence-electron chi connectivity index (χ0n) is 69.1. The molecule has 18 aliphatic carbocycles. The van der Waals surface area contributed by atoms with Gasteiger partial charge < -0.3 is 0 Å². The van der Waals surface area contributed by atoms with Crippen LogP contribution in [0.3, 0.4) is 0 Å². The molecule has 18 aliphatic rings. The molecule has 0 aliphatic heterocycles. The van der Waals surface area contributed by atoms with Crippen molar-refractivity contribution in [3.05, 3.63) is 0 Å². The first kappa shape index (κ1) is 75.4. The van der Waals surface area contributed by atoms with Gasteiger partial charge in [-0.3, -0.25) is 0 Å². The number of hydrogen-bond acceptors (Lipinski definition) is 0. The summed E-state index contributed by atoms with van der Waals surface area (Å²) in [4.78, 5) is 0. The second-order valence-corrected chi connectivity index (χ2v) is 45.3. The standard InChI is InChI=1S/C104H174/c1-11-35-73(36-12-1)93-95(75-39-15-3-16-40-75)99(79-47-23-7-24-48-79)103(100(80-49-25-8-26-50-80)96(93)76-41-17-4-18-42-76)85-65-61-72(62-66-85)71-59-63-83(64-60-71)91-87-55-31-33-57-89(87)92(90-58-34-32-56-88(90)91)84-67-69-86(70-68-84)104-101(81-51-27-9-28-52-81)97(77-43-19-5-20-44-77)94(74-37-13-2-14-38-74)98(78-45-21-6-22-46-78)102(104)82-53-29-10-30-54-82/h71-104H,1-70H2. The fourth-order valence-corrected chi connectivity index (χ4v) is 38.1. The van der Waals surface area contributed by atoms with Crippen molar-refractivity contribution in [1.29, 1.82) is 0 Å². The molecule has 0 heteroatoms. The first-order valence-electron chi connectivity index (χ1n) is 51.7. The molecule has 0 nitrogen and oxygen atoms in total. The van der Waals surface area contributed by atoms with Gasteiger partial charge in [0.15, 0.2) is 0 Å². The van der Waals surface area contributed by atoms with E-state index in [1.165, 1.54) is 0 Å². The fraction of sp³-hybridized carbons (Fsp3) is 1.00. The Kier molecular flexibility index (Phi) is 26.2. The van der Waals surface area contributed by atoms with Crippen LogP contribution in [0.4, 0.5) is 0 Å². The molecule has 18 fully saturated rings. The summed E-state index contributed by atoms with van der Waals surface area (Å²) in [6.45, 7) is 0. The van der Waals surface area contributed by atoms with E-state index in [1.54, 1.807) is 449 Å². The zero-order valence-corrected chi connectivity index (χ0v) is 69.1. The van der Waals surface area contributed by atoms with Crippen molar-refractivity contribution in [1.82, 2.24) is 0 Å². The van der Waals surface area contributed by atoms with Gasteiger partial charge in [0.1, 0.15) is 0 Å². The van der Waals surface area contributed by atoms with Crippen molar-refractivity contribution >= 4 is 0 Å². The van der Waals surface area contributed by atoms with E-state index < -0.39 is 0 Å². The van der Waals surface area contributed by atoms with E-state index in [9.17, 15) is 0 Å². The maximum atomic E-state index is 1.69. The van der Waals surface area contributed by atoms with Gasteiger partial charge in [0.25, 0.3) is 0 Å². The van der Waals surface area contributed by atoms with Gasteiger partial charge in [-0.05, 0) is 304 Å². The molecule has 12 unspecified atom stereocenters. The Hall–Kier alpha value is 0. The number of rotatable bonds is 15. The first-order chi connectivity index (χ1) is 51.7. The lowest BCUT2D eigenvalue weighted by molar-refractivity contribution is -0.169. The van der Waals surface area contributed by atoms with Crippen molar-refractivity contribution in [2.45, 2.75) is 449 Å². The molecule has 0 saturated heterocycles. The maximum Gasteiger partial charge on any atom is -0.0318 e. The van der Waals surface area contributed by atoms with E-state index in [0.717, 1.165) is 201 Å². The third-order valence-electron chi connectivity index (χ3n) is 41.3. The van der Waals surface area contributed by atoms with E-state index in [1.807, 2.05) is 0 Å². The SMILES string of the molecule is C1CCC(C2C(C3CCCCC3)C(C3CCCCC3)C(C3CCC(C4CCC(C5C6CCCCC6C(C6CCC(C7C(C8CCCCC8)C(C8CCCCC8)C(C8CCCCC8)C(C8CCCCC8)C7C7CCCCC7)CC6)C6CCCCC65)CC4)CC3)C(C3CCCCC3)C2C2CCCCC2)CC1. The maximum absolute atomic E-state index is 1.69. The highest BCUT2D eigenvalue weighted by atomic mass is 14.7. The Morgan fingerprint density at radius 3 is 0.298 bits per heavy atom. The molecule has 104 heavy (non-hydrogen) atoms. The molecule has 0 amide bonds. The molecule has 0 heterocycles. The van der Waals surface area contributed by atoms with E-state index in [0.29, 0.717) is 0 Å². The summed E-state index contributed by atoms with van der Waals surface area (Å²) in [6, 6.07) is 0.